The fourth-order valence-electron chi connectivity index (χ4n) is 5.28. The van der Waals surface area contributed by atoms with Gasteiger partial charge in [-0.2, -0.15) is 0 Å². The molecular formula is C22H35ClN4O3. The van der Waals surface area contributed by atoms with Crippen molar-refractivity contribution in [3.8, 4) is 0 Å². The molecule has 1 aromatic rings. The van der Waals surface area contributed by atoms with Crippen molar-refractivity contribution in [2.45, 2.75) is 82.5 Å². The molecule has 6 unspecified atom stereocenters. The minimum atomic E-state index is -0.274. The molecule has 4 rings (SSSR count). The number of rotatable bonds is 5. The first-order valence-corrected chi connectivity index (χ1v) is 11.5. The molecule has 0 aromatic carbocycles. The number of amides is 1. The summed E-state index contributed by atoms with van der Waals surface area (Å²) in [7, 11) is 3.38. The molecule has 1 amide bonds. The van der Waals surface area contributed by atoms with E-state index in [2.05, 4.69) is 22.2 Å². The zero-order valence-electron chi connectivity index (χ0n) is 18.7. The van der Waals surface area contributed by atoms with Crippen molar-refractivity contribution < 1.29 is 14.3 Å². The molecule has 6 atom stereocenters. The summed E-state index contributed by atoms with van der Waals surface area (Å²) in [4.78, 5) is 23.0. The number of hydrogen-bond acceptors (Lipinski definition) is 6. The Balaban J connectivity index is 0.00000124. The first kappa shape index (κ1) is 23.2. The lowest BCUT2D eigenvalue weighted by molar-refractivity contribution is -0.0109. The van der Waals surface area contributed by atoms with Crippen LogP contribution < -0.4 is 5.32 Å². The summed E-state index contributed by atoms with van der Waals surface area (Å²) in [5.41, 5.74) is 0.123. The number of hydrogen-bond donors (Lipinski definition) is 1. The van der Waals surface area contributed by atoms with Crippen molar-refractivity contribution in [3.63, 3.8) is 0 Å². The summed E-state index contributed by atoms with van der Waals surface area (Å²) in [6, 6.07) is 0.362. The third-order valence-corrected chi connectivity index (χ3v) is 7.10. The second-order valence-electron chi connectivity index (χ2n) is 8.44. The van der Waals surface area contributed by atoms with Crippen molar-refractivity contribution in [1.82, 2.24) is 20.2 Å². The first-order valence-electron chi connectivity index (χ1n) is 11.1. The molecule has 1 saturated heterocycles. The van der Waals surface area contributed by atoms with E-state index in [0.717, 1.165) is 37.9 Å². The smallest absolute Gasteiger partial charge is 0.410 e. The molecule has 3 fully saturated rings. The summed E-state index contributed by atoms with van der Waals surface area (Å²) in [5.74, 6) is 1.50. The average molecular weight is 439 g/mol. The normalized spacial score (nSPS) is 34.6. The number of aromatic nitrogens is 2. The Kier molecular flexibility index (Phi) is 7.58. The predicted octanol–water partition coefficient (Wildman–Crippen LogP) is 3.80. The Bertz CT molecular complexity index is 719. The third kappa shape index (κ3) is 4.43. The Morgan fingerprint density at radius 1 is 1.33 bits per heavy atom. The minimum Gasteiger partial charge on any atom is -0.453 e. The van der Waals surface area contributed by atoms with E-state index in [4.69, 9.17) is 21.1 Å². The van der Waals surface area contributed by atoms with Gasteiger partial charge >= 0.3 is 6.09 Å². The summed E-state index contributed by atoms with van der Waals surface area (Å²) in [6.07, 6.45) is 8.43. The molecule has 168 valence electrons. The van der Waals surface area contributed by atoms with Gasteiger partial charge in [0, 0.05) is 29.9 Å². The van der Waals surface area contributed by atoms with Crippen LogP contribution in [0.5, 0.6) is 0 Å². The molecule has 0 radical (unpaired) electrons. The van der Waals surface area contributed by atoms with Gasteiger partial charge in [0.1, 0.15) is 5.82 Å². The number of likely N-dealkylation sites (tertiary alicyclic amines) is 1. The minimum absolute atomic E-state index is 0.00191. The topological polar surface area (TPSA) is 76.6 Å². The first-order chi connectivity index (χ1) is 14.5. The Labute approximate surface area is 184 Å². The van der Waals surface area contributed by atoms with Crippen molar-refractivity contribution in [2.75, 3.05) is 20.8 Å². The lowest BCUT2D eigenvalue weighted by atomic mass is 9.86. The van der Waals surface area contributed by atoms with Crippen molar-refractivity contribution in [2.24, 2.45) is 5.92 Å². The average Bonchev–Trinajstić information content (AvgIpc) is 3.42. The van der Waals surface area contributed by atoms with Gasteiger partial charge in [-0.05, 0) is 52.0 Å². The van der Waals surface area contributed by atoms with Crippen LogP contribution in [0.1, 0.15) is 58.7 Å². The van der Waals surface area contributed by atoms with Gasteiger partial charge in [0.05, 0.1) is 30.9 Å². The van der Waals surface area contributed by atoms with E-state index in [9.17, 15) is 4.79 Å². The maximum atomic E-state index is 12.2. The quantitative estimate of drug-likeness (QED) is 0.753. The monoisotopic (exact) mass is 438 g/mol. The van der Waals surface area contributed by atoms with E-state index >= 15 is 0 Å². The zero-order valence-corrected chi connectivity index (χ0v) is 19.5. The summed E-state index contributed by atoms with van der Waals surface area (Å²) in [5, 5.41) is 3.91. The van der Waals surface area contributed by atoms with E-state index in [1.54, 1.807) is 12.4 Å². The summed E-state index contributed by atoms with van der Waals surface area (Å²) < 4.78 is 11.3. The number of ether oxygens (including phenoxy) is 2. The molecule has 3 aliphatic rings. The molecule has 30 heavy (non-hydrogen) atoms. The van der Waals surface area contributed by atoms with Crippen LogP contribution in [0.2, 0.25) is 5.02 Å². The predicted molar refractivity (Wildman–Crippen MR) is 117 cm³/mol. The fraction of sp³-hybridized carbons (Fsp3) is 0.773. The molecule has 2 aliphatic carbocycles. The zero-order chi connectivity index (χ0) is 21.9. The molecule has 8 heteroatoms. The number of likely N-dealkylation sites (N-methyl/N-ethyl adjacent to an activating group) is 1. The van der Waals surface area contributed by atoms with Crippen LogP contribution in [0.3, 0.4) is 0 Å². The molecule has 7 nitrogen and oxygen atoms in total. The molecule has 1 aliphatic heterocycles. The number of carbonyl (C=O) groups excluding carboxylic acids is 1. The highest BCUT2D eigenvalue weighted by molar-refractivity contribution is 6.30. The second kappa shape index (κ2) is 9.79. The standard InChI is InChI=1S/C20H29ClN4O3.C2H6/c1-12-6-16(22-2)17(25(12)19(26)27-3)11-28-15-4-5-20(8-13(20)7-15)18-23-9-14(21)10-24-18;1-2/h9-10,12-13,15-17,22H,4-8,11H2,1-3H3;1-2H3. The van der Waals surface area contributed by atoms with Gasteiger partial charge in [0.2, 0.25) is 0 Å². The summed E-state index contributed by atoms with van der Waals surface area (Å²) in [6.45, 7) is 6.60. The van der Waals surface area contributed by atoms with E-state index in [0.29, 0.717) is 17.5 Å². The number of nitrogens with zero attached hydrogens (tertiary/aromatic N) is 3. The Morgan fingerprint density at radius 3 is 2.63 bits per heavy atom. The van der Waals surface area contributed by atoms with Crippen LogP contribution in [0.15, 0.2) is 12.4 Å². The lowest BCUT2D eigenvalue weighted by Gasteiger charge is -2.32. The van der Waals surface area contributed by atoms with E-state index in [1.165, 1.54) is 7.11 Å². The number of methoxy groups -OCH3 is 1. The van der Waals surface area contributed by atoms with Gasteiger partial charge in [-0.15, -0.1) is 0 Å². The van der Waals surface area contributed by atoms with E-state index < -0.39 is 0 Å². The van der Waals surface area contributed by atoms with E-state index in [1.807, 2.05) is 25.8 Å². The molecule has 1 aromatic heterocycles. The third-order valence-electron chi connectivity index (χ3n) is 6.91. The molecule has 2 saturated carbocycles. The highest BCUT2D eigenvalue weighted by atomic mass is 35.5. The van der Waals surface area contributed by atoms with E-state index in [-0.39, 0.29) is 35.7 Å². The lowest BCUT2D eigenvalue weighted by Crippen LogP contribution is -2.48. The number of nitrogens with one attached hydrogen (secondary N) is 1. The Hall–Kier alpha value is -1.44. The van der Waals surface area contributed by atoms with Gasteiger partial charge in [0.25, 0.3) is 0 Å². The highest BCUT2D eigenvalue weighted by Gasteiger charge is 2.60. The largest absolute Gasteiger partial charge is 0.453 e. The number of carbonyl (C=O) groups is 1. The van der Waals surface area contributed by atoms with Crippen molar-refractivity contribution >= 4 is 17.7 Å². The van der Waals surface area contributed by atoms with Gasteiger partial charge in [0.15, 0.2) is 0 Å². The van der Waals surface area contributed by atoms with Gasteiger partial charge in [-0.1, -0.05) is 25.4 Å². The highest BCUT2D eigenvalue weighted by Crippen LogP contribution is 2.61. The maximum absolute atomic E-state index is 12.2. The van der Waals surface area contributed by atoms with Crippen molar-refractivity contribution in [3.05, 3.63) is 23.2 Å². The van der Waals surface area contributed by atoms with Gasteiger partial charge < -0.3 is 14.8 Å². The van der Waals surface area contributed by atoms with Crippen molar-refractivity contribution in [1.29, 1.82) is 0 Å². The maximum Gasteiger partial charge on any atom is 0.410 e. The number of fused-ring (bicyclic) bond motifs is 1. The molecule has 1 N–H and O–H groups in total. The SMILES string of the molecule is CC.CNC1CC(C)N(C(=O)OC)C1COC1CCC2(c3ncc(Cl)cn3)CC2C1. The Morgan fingerprint density at radius 2 is 2.03 bits per heavy atom. The molecule has 0 spiro atoms. The summed E-state index contributed by atoms with van der Waals surface area (Å²) >= 11 is 5.93. The van der Waals surface area contributed by atoms with Crippen LogP contribution in [0, 0.1) is 5.92 Å². The fourth-order valence-corrected chi connectivity index (χ4v) is 5.37. The van der Waals surface area contributed by atoms with Crippen LogP contribution in [-0.4, -0.2) is 66.0 Å². The van der Waals surface area contributed by atoms with Gasteiger partial charge in [-0.3, -0.25) is 4.90 Å². The molecule has 0 bridgehead atoms. The van der Waals surface area contributed by atoms with Gasteiger partial charge in [-0.25, -0.2) is 14.8 Å². The molecule has 2 heterocycles. The van der Waals surface area contributed by atoms with Crippen LogP contribution in [0.25, 0.3) is 0 Å². The molecular weight excluding hydrogens is 404 g/mol. The number of halogens is 1. The van der Waals surface area contributed by atoms with Crippen LogP contribution >= 0.6 is 11.6 Å². The van der Waals surface area contributed by atoms with Crippen LogP contribution in [-0.2, 0) is 14.9 Å². The second-order valence-corrected chi connectivity index (χ2v) is 8.87. The van der Waals surface area contributed by atoms with Crippen LogP contribution in [0.4, 0.5) is 4.79 Å².